The van der Waals surface area contributed by atoms with Gasteiger partial charge in [-0.25, -0.2) is 0 Å². The van der Waals surface area contributed by atoms with Gasteiger partial charge in [0.05, 0.1) is 13.2 Å². The van der Waals surface area contributed by atoms with Gasteiger partial charge in [0.2, 0.25) is 11.8 Å². The molecule has 3 aromatic rings. The second-order valence-corrected chi connectivity index (χ2v) is 10.00. The molecule has 3 aromatic carbocycles. The molecule has 0 aromatic heterocycles. The van der Waals surface area contributed by atoms with Crippen molar-refractivity contribution in [3.8, 4) is 5.75 Å². The van der Waals surface area contributed by atoms with Gasteiger partial charge in [-0.15, -0.1) is 0 Å². The Balaban J connectivity index is 1.27. The zero-order valence-corrected chi connectivity index (χ0v) is 21.4. The molecule has 2 heterocycles. The van der Waals surface area contributed by atoms with Crippen molar-refractivity contribution in [1.29, 1.82) is 0 Å². The van der Waals surface area contributed by atoms with Crippen molar-refractivity contribution in [2.24, 2.45) is 0 Å². The number of nitrogens with zero attached hydrogens (tertiary/aromatic N) is 1. The summed E-state index contributed by atoms with van der Waals surface area (Å²) in [6, 6.07) is 25.3. The van der Waals surface area contributed by atoms with Crippen LogP contribution in [0, 0.1) is 0 Å². The highest BCUT2D eigenvalue weighted by molar-refractivity contribution is 5.90. The molecule has 0 spiro atoms. The van der Waals surface area contributed by atoms with Gasteiger partial charge in [0.1, 0.15) is 11.8 Å². The summed E-state index contributed by atoms with van der Waals surface area (Å²) < 4.78 is 5.57. The van der Waals surface area contributed by atoms with Gasteiger partial charge >= 0.3 is 0 Å². The number of hydrogen-bond acceptors (Lipinski definition) is 4. The van der Waals surface area contributed by atoms with E-state index in [1.807, 2.05) is 65.6 Å². The quantitative estimate of drug-likeness (QED) is 0.520. The van der Waals surface area contributed by atoms with E-state index < -0.39 is 6.04 Å². The summed E-state index contributed by atoms with van der Waals surface area (Å²) in [6.45, 7) is 1.98. The lowest BCUT2D eigenvalue weighted by molar-refractivity contribution is -0.137. The number of fused-ring (bicyclic) bond motifs is 1. The van der Waals surface area contributed by atoms with Crippen LogP contribution in [0.25, 0.3) is 0 Å². The number of hydrogen-bond donors (Lipinski definition) is 2. The summed E-state index contributed by atoms with van der Waals surface area (Å²) in [7, 11) is 1.70. The second-order valence-electron chi connectivity index (χ2n) is 10.00. The lowest BCUT2D eigenvalue weighted by Crippen LogP contribution is -2.56. The minimum atomic E-state index is -0.600. The van der Waals surface area contributed by atoms with Crippen molar-refractivity contribution in [2.45, 2.75) is 50.2 Å². The SMILES string of the molecule is COc1ccccc1C1CCN(C(=O)[C@@H](Cc2ccccc2)NC(=O)[C@@H]2Cc3ccccc3CN2)CC1. The molecule has 2 amide bonds. The molecular formula is C31H35N3O3. The lowest BCUT2D eigenvalue weighted by Gasteiger charge is -2.35. The molecule has 0 bridgehead atoms. The molecule has 2 N–H and O–H groups in total. The standard InChI is InChI=1S/C31H35N3O3/c1-37-29-14-8-7-13-26(29)23-15-17-34(18-16-23)31(36)28(19-22-9-3-2-4-10-22)33-30(35)27-20-24-11-5-6-12-25(24)21-32-27/h2-14,23,27-28,32H,15-21H2,1H3,(H,33,35)/t27-,28+/m0/s1. The lowest BCUT2D eigenvalue weighted by atomic mass is 9.88. The average molecular weight is 498 g/mol. The molecule has 1 saturated heterocycles. The molecule has 37 heavy (non-hydrogen) atoms. The zero-order valence-electron chi connectivity index (χ0n) is 21.4. The van der Waals surface area contributed by atoms with E-state index in [-0.39, 0.29) is 17.9 Å². The number of amides is 2. The van der Waals surface area contributed by atoms with Crippen LogP contribution >= 0.6 is 0 Å². The molecule has 0 unspecified atom stereocenters. The largest absolute Gasteiger partial charge is 0.496 e. The minimum Gasteiger partial charge on any atom is -0.496 e. The number of benzene rings is 3. The maximum absolute atomic E-state index is 13.8. The van der Waals surface area contributed by atoms with Gasteiger partial charge < -0.3 is 20.3 Å². The summed E-state index contributed by atoms with van der Waals surface area (Å²) in [5.74, 6) is 1.14. The molecule has 0 radical (unpaired) electrons. The first-order chi connectivity index (χ1) is 18.1. The Hall–Kier alpha value is -3.64. The van der Waals surface area contributed by atoms with Crippen LogP contribution < -0.4 is 15.4 Å². The molecule has 2 aliphatic rings. The number of likely N-dealkylation sites (tertiary alicyclic amines) is 1. The maximum Gasteiger partial charge on any atom is 0.245 e. The summed E-state index contributed by atoms with van der Waals surface area (Å²) in [4.78, 5) is 29.0. The zero-order chi connectivity index (χ0) is 25.6. The third-order valence-corrected chi connectivity index (χ3v) is 7.68. The summed E-state index contributed by atoms with van der Waals surface area (Å²) in [5, 5.41) is 6.46. The molecule has 192 valence electrons. The fourth-order valence-corrected chi connectivity index (χ4v) is 5.60. The number of carbonyl (C=O) groups excluding carboxylic acids is 2. The number of methoxy groups -OCH3 is 1. The highest BCUT2D eigenvalue weighted by Gasteiger charge is 2.33. The van der Waals surface area contributed by atoms with Gasteiger partial charge in [-0.1, -0.05) is 72.8 Å². The van der Waals surface area contributed by atoms with Crippen LogP contribution in [0.5, 0.6) is 5.75 Å². The Kier molecular flexibility index (Phi) is 7.85. The van der Waals surface area contributed by atoms with E-state index in [1.54, 1.807) is 7.11 Å². The normalized spacial score (nSPS) is 18.5. The molecular weight excluding hydrogens is 462 g/mol. The third kappa shape index (κ3) is 5.86. The molecule has 1 fully saturated rings. The molecule has 2 aliphatic heterocycles. The molecule has 6 nitrogen and oxygen atoms in total. The third-order valence-electron chi connectivity index (χ3n) is 7.68. The predicted octanol–water partition coefficient (Wildman–Crippen LogP) is 3.84. The smallest absolute Gasteiger partial charge is 0.245 e. The monoisotopic (exact) mass is 497 g/mol. The minimum absolute atomic E-state index is 0.00751. The van der Waals surface area contributed by atoms with Crippen LogP contribution in [0.3, 0.4) is 0 Å². The maximum atomic E-state index is 13.8. The molecule has 0 saturated carbocycles. The predicted molar refractivity (Wildman–Crippen MR) is 144 cm³/mol. The van der Waals surface area contributed by atoms with E-state index in [0.29, 0.717) is 38.4 Å². The number of para-hydroxylation sites is 1. The molecule has 2 atom stereocenters. The molecule has 0 aliphatic carbocycles. The van der Waals surface area contributed by atoms with Gasteiger partial charge in [0, 0.05) is 26.1 Å². The van der Waals surface area contributed by atoms with Crippen LogP contribution in [-0.2, 0) is 29.0 Å². The first-order valence-electron chi connectivity index (χ1n) is 13.2. The van der Waals surface area contributed by atoms with Gasteiger partial charge in [0.15, 0.2) is 0 Å². The first kappa shape index (κ1) is 25.0. The van der Waals surface area contributed by atoms with Crippen molar-refractivity contribution in [2.75, 3.05) is 20.2 Å². The molecule has 6 heteroatoms. The number of nitrogens with one attached hydrogen (secondary N) is 2. The number of carbonyl (C=O) groups is 2. The Morgan fingerprint density at radius 3 is 2.38 bits per heavy atom. The van der Waals surface area contributed by atoms with Gasteiger partial charge in [-0.2, -0.15) is 0 Å². The van der Waals surface area contributed by atoms with E-state index in [2.05, 4.69) is 28.8 Å². The Morgan fingerprint density at radius 1 is 0.946 bits per heavy atom. The van der Waals surface area contributed by atoms with Gasteiger partial charge in [0.25, 0.3) is 0 Å². The van der Waals surface area contributed by atoms with E-state index in [1.165, 1.54) is 16.7 Å². The highest BCUT2D eigenvalue weighted by atomic mass is 16.5. The summed E-state index contributed by atoms with van der Waals surface area (Å²) in [5.41, 5.74) is 4.65. The van der Waals surface area contributed by atoms with Crippen LogP contribution in [0.4, 0.5) is 0 Å². The highest BCUT2D eigenvalue weighted by Crippen LogP contribution is 2.34. The van der Waals surface area contributed by atoms with Crippen molar-refractivity contribution in [1.82, 2.24) is 15.5 Å². The number of rotatable bonds is 7. The number of piperidine rings is 1. The molecule has 5 rings (SSSR count). The Labute approximate surface area is 219 Å². The van der Waals surface area contributed by atoms with Crippen LogP contribution in [-0.4, -0.2) is 49.0 Å². The first-order valence-corrected chi connectivity index (χ1v) is 13.2. The second kappa shape index (κ2) is 11.6. The van der Waals surface area contributed by atoms with Crippen molar-refractivity contribution in [3.05, 3.63) is 101 Å². The van der Waals surface area contributed by atoms with Crippen LogP contribution in [0.1, 0.15) is 41.0 Å². The fourth-order valence-electron chi connectivity index (χ4n) is 5.60. The van der Waals surface area contributed by atoms with Gasteiger partial charge in [-0.3, -0.25) is 9.59 Å². The van der Waals surface area contributed by atoms with Crippen LogP contribution in [0.2, 0.25) is 0 Å². The van der Waals surface area contributed by atoms with Crippen molar-refractivity contribution < 1.29 is 14.3 Å². The summed E-state index contributed by atoms with van der Waals surface area (Å²) in [6.07, 6.45) is 2.85. The van der Waals surface area contributed by atoms with E-state index >= 15 is 0 Å². The van der Waals surface area contributed by atoms with Gasteiger partial charge in [-0.05, 0) is 53.5 Å². The summed E-state index contributed by atoms with van der Waals surface area (Å²) >= 11 is 0. The Bertz CT molecular complexity index is 1220. The average Bonchev–Trinajstić information content (AvgIpc) is 2.96. The van der Waals surface area contributed by atoms with E-state index in [9.17, 15) is 9.59 Å². The van der Waals surface area contributed by atoms with Crippen LogP contribution in [0.15, 0.2) is 78.9 Å². The van der Waals surface area contributed by atoms with E-state index in [0.717, 1.165) is 24.2 Å². The fraction of sp³-hybridized carbons (Fsp3) is 0.355. The topological polar surface area (TPSA) is 70.7 Å². The van der Waals surface area contributed by atoms with E-state index in [4.69, 9.17) is 4.74 Å². The number of ether oxygens (including phenoxy) is 1. The van der Waals surface area contributed by atoms with Crippen molar-refractivity contribution >= 4 is 11.8 Å². The van der Waals surface area contributed by atoms with Crippen molar-refractivity contribution in [3.63, 3.8) is 0 Å². The Morgan fingerprint density at radius 2 is 1.62 bits per heavy atom.